The molecule has 0 radical (unpaired) electrons. The second kappa shape index (κ2) is 3.85. The van der Waals surface area contributed by atoms with E-state index in [0.717, 1.165) is 10.1 Å². The maximum absolute atomic E-state index is 4.07. The van der Waals surface area contributed by atoms with Crippen LogP contribution in [0.2, 0.25) is 0 Å². The van der Waals surface area contributed by atoms with Gasteiger partial charge in [0.15, 0.2) is 0 Å². The van der Waals surface area contributed by atoms with Gasteiger partial charge in [0.25, 0.3) is 0 Å². The van der Waals surface area contributed by atoms with Gasteiger partial charge in [-0.1, -0.05) is 25.2 Å². The Hall–Kier alpha value is -0.640. The highest BCUT2D eigenvalue weighted by Crippen LogP contribution is 2.22. The van der Waals surface area contributed by atoms with Crippen molar-refractivity contribution in [3.63, 3.8) is 0 Å². The van der Waals surface area contributed by atoms with Crippen molar-refractivity contribution < 1.29 is 0 Å². The van der Waals surface area contributed by atoms with E-state index in [4.69, 9.17) is 0 Å². The molecule has 0 saturated carbocycles. The summed E-state index contributed by atoms with van der Waals surface area (Å²) in [6.07, 6.45) is 0. The van der Waals surface area contributed by atoms with Crippen molar-refractivity contribution in [2.45, 2.75) is 39.7 Å². The van der Waals surface area contributed by atoms with Crippen LogP contribution in [0.15, 0.2) is 0 Å². The topological polar surface area (TPSA) is 37.8 Å². The molecular formula is C8H15N3S. The Labute approximate surface area is 77.2 Å². The molecule has 12 heavy (non-hydrogen) atoms. The first-order valence-corrected chi connectivity index (χ1v) is 5.01. The molecule has 0 aliphatic heterocycles. The molecule has 0 aliphatic rings. The van der Waals surface area contributed by atoms with E-state index in [2.05, 4.69) is 43.2 Å². The first-order chi connectivity index (χ1) is 5.59. The van der Waals surface area contributed by atoms with Gasteiger partial charge in [-0.25, -0.2) is 0 Å². The van der Waals surface area contributed by atoms with Crippen LogP contribution in [-0.2, 0) is 0 Å². The van der Waals surface area contributed by atoms with Gasteiger partial charge in [-0.05, 0) is 13.8 Å². The van der Waals surface area contributed by atoms with Crippen LogP contribution in [0.5, 0.6) is 0 Å². The van der Waals surface area contributed by atoms with E-state index in [9.17, 15) is 0 Å². The molecule has 3 nitrogen and oxygen atoms in total. The normalized spacial score (nSPS) is 11.2. The summed E-state index contributed by atoms with van der Waals surface area (Å²) < 4.78 is 0. The van der Waals surface area contributed by atoms with Crippen LogP contribution >= 0.6 is 11.3 Å². The third kappa shape index (κ3) is 2.44. The van der Waals surface area contributed by atoms with Crippen LogP contribution < -0.4 is 5.32 Å². The summed E-state index contributed by atoms with van der Waals surface area (Å²) in [4.78, 5) is 0. The molecule has 0 amide bonds. The van der Waals surface area contributed by atoms with E-state index < -0.39 is 0 Å². The molecule has 0 spiro atoms. The van der Waals surface area contributed by atoms with E-state index in [0.29, 0.717) is 12.0 Å². The van der Waals surface area contributed by atoms with E-state index >= 15 is 0 Å². The molecule has 0 unspecified atom stereocenters. The van der Waals surface area contributed by atoms with Gasteiger partial charge in [0, 0.05) is 12.0 Å². The number of rotatable bonds is 3. The predicted molar refractivity (Wildman–Crippen MR) is 52.8 cm³/mol. The Morgan fingerprint density at radius 2 is 1.83 bits per heavy atom. The third-order valence-electron chi connectivity index (χ3n) is 1.35. The molecule has 0 atom stereocenters. The zero-order valence-electron chi connectivity index (χ0n) is 7.96. The lowest BCUT2D eigenvalue weighted by Gasteiger charge is -2.03. The minimum Gasteiger partial charge on any atom is -0.358 e. The van der Waals surface area contributed by atoms with Gasteiger partial charge in [-0.3, -0.25) is 0 Å². The SMILES string of the molecule is CC(C)Nc1nnc(C(C)C)s1. The van der Waals surface area contributed by atoms with Crippen molar-refractivity contribution in [3.8, 4) is 0 Å². The highest BCUT2D eigenvalue weighted by atomic mass is 32.1. The highest BCUT2D eigenvalue weighted by molar-refractivity contribution is 7.15. The summed E-state index contributed by atoms with van der Waals surface area (Å²) in [6, 6.07) is 0.429. The maximum Gasteiger partial charge on any atom is 0.205 e. The molecular weight excluding hydrogens is 170 g/mol. The lowest BCUT2D eigenvalue weighted by Crippen LogP contribution is -2.08. The van der Waals surface area contributed by atoms with E-state index in [1.54, 1.807) is 11.3 Å². The molecule has 0 aliphatic carbocycles. The average molecular weight is 185 g/mol. The molecule has 1 heterocycles. The molecule has 4 heteroatoms. The molecule has 1 rings (SSSR count). The smallest absolute Gasteiger partial charge is 0.205 e. The van der Waals surface area contributed by atoms with E-state index in [1.165, 1.54) is 0 Å². The summed E-state index contributed by atoms with van der Waals surface area (Å²) in [5.74, 6) is 0.477. The summed E-state index contributed by atoms with van der Waals surface area (Å²) >= 11 is 1.64. The summed E-state index contributed by atoms with van der Waals surface area (Å²) in [6.45, 7) is 8.44. The molecule has 68 valence electrons. The van der Waals surface area contributed by atoms with Gasteiger partial charge in [-0.2, -0.15) is 0 Å². The fourth-order valence-corrected chi connectivity index (χ4v) is 1.66. The molecule has 0 fully saturated rings. The Morgan fingerprint density at radius 3 is 2.25 bits per heavy atom. The molecule has 1 N–H and O–H groups in total. The average Bonchev–Trinajstić information content (AvgIpc) is 2.34. The van der Waals surface area contributed by atoms with Gasteiger partial charge in [0.05, 0.1) is 0 Å². The number of anilines is 1. The van der Waals surface area contributed by atoms with E-state index in [-0.39, 0.29) is 0 Å². The monoisotopic (exact) mass is 185 g/mol. The Morgan fingerprint density at radius 1 is 1.17 bits per heavy atom. The zero-order chi connectivity index (χ0) is 9.14. The van der Waals surface area contributed by atoms with Crippen LogP contribution in [0.4, 0.5) is 5.13 Å². The molecule has 0 aromatic carbocycles. The zero-order valence-corrected chi connectivity index (χ0v) is 8.77. The maximum atomic E-state index is 4.07. The first-order valence-electron chi connectivity index (χ1n) is 4.19. The molecule has 0 saturated heterocycles. The molecule has 1 aromatic heterocycles. The fraction of sp³-hybridized carbons (Fsp3) is 0.750. The van der Waals surface area contributed by atoms with Crippen molar-refractivity contribution in [2.75, 3.05) is 5.32 Å². The van der Waals surface area contributed by atoms with Gasteiger partial charge >= 0.3 is 0 Å². The second-order valence-electron chi connectivity index (χ2n) is 3.40. The fourth-order valence-electron chi connectivity index (χ4n) is 0.773. The summed E-state index contributed by atoms with van der Waals surface area (Å²) in [5, 5.41) is 13.4. The summed E-state index contributed by atoms with van der Waals surface area (Å²) in [5.41, 5.74) is 0. The van der Waals surface area contributed by atoms with Crippen LogP contribution in [0.1, 0.15) is 38.6 Å². The number of hydrogen-bond acceptors (Lipinski definition) is 4. The predicted octanol–water partition coefficient (Wildman–Crippen LogP) is 2.48. The van der Waals surface area contributed by atoms with Crippen LogP contribution in [0, 0.1) is 0 Å². The lowest BCUT2D eigenvalue weighted by molar-refractivity contribution is 0.821. The van der Waals surface area contributed by atoms with Crippen molar-refractivity contribution in [1.82, 2.24) is 10.2 Å². The van der Waals surface area contributed by atoms with Crippen molar-refractivity contribution in [3.05, 3.63) is 5.01 Å². The van der Waals surface area contributed by atoms with Crippen molar-refractivity contribution in [1.29, 1.82) is 0 Å². The molecule has 1 aromatic rings. The van der Waals surface area contributed by atoms with E-state index in [1.807, 2.05) is 0 Å². The largest absolute Gasteiger partial charge is 0.358 e. The number of aromatic nitrogens is 2. The van der Waals surface area contributed by atoms with Crippen molar-refractivity contribution in [2.24, 2.45) is 0 Å². The van der Waals surface area contributed by atoms with Crippen molar-refractivity contribution >= 4 is 16.5 Å². The Kier molecular flexibility index (Phi) is 3.03. The van der Waals surface area contributed by atoms with Crippen LogP contribution in [0.3, 0.4) is 0 Å². The number of nitrogens with zero attached hydrogens (tertiary/aromatic N) is 2. The minimum absolute atomic E-state index is 0.429. The van der Waals surface area contributed by atoms with Gasteiger partial charge in [0.2, 0.25) is 5.13 Å². The Bertz CT molecular complexity index is 242. The van der Waals surface area contributed by atoms with Gasteiger partial charge in [-0.15, -0.1) is 10.2 Å². The van der Waals surface area contributed by atoms with Gasteiger partial charge in [0.1, 0.15) is 5.01 Å². The Balaban J connectivity index is 2.64. The van der Waals surface area contributed by atoms with Gasteiger partial charge < -0.3 is 5.32 Å². The number of nitrogens with one attached hydrogen (secondary N) is 1. The first kappa shape index (κ1) is 9.45. The van der Waals surface area contributed by atoms with Crippen LogP contribution in [-0.4, -0.2) is 16.2 Å². The lowest BCUT2D eigenvalue weighted by atomic mass is 10.2. The quantitative estimate of drug-likeness (QED) is 0.786. The summed E-state index contributed by atoms with van der Waals surface area (Å²) in [7, 11) is 0. The highest BCUT2D eigenvalue weighted by Gasteiger charge is 2.07. The third-order valence-corrected chi connectivity index (χ3v) is 2.50. The number of hydrogen-bond donors (Lipinski definition) is 1. The standard InChI is InChI=1S/C8H15N3S/c1-5(2)7-10-11-8(12-7)9-6(3)4/h5-6H,1-4H3,(H,9,11). The second-order valence-corrected chi connectivity index (χ2v) is 4.41. The van der Waals surface area contributed by atoms with Crippen LogP contribution in [0.25, 0.3) is 0 Å². The molecule has 0 bridgehead atoms. The minimum atomic E-state index is 0.429.